The van der Waals surface area contributed by atoms with Crippen LogP contribution in [0.3, 0.4) is 0 Å². The van der Waals surface area contributed by atoms with Gasteiger partial charge in [-0.25, -0.2) is 0 Å². The minimum atomic E-state index is -0.645. The van der Waals surface area contributed by atoms with Crippen molar-refractivity contribution in [2.75, 3.05) is 0 Å². The van der Waals surface area contributed by atoms with E-state index >= 15 is 0 Å². The summed E-state index contributed by atoms with van der Waals surface area (Å²) < 4.78 is 0. The summed E-state index contributed by atoms with van der Waals surface area (Å²) in [6.07, 6.45) is 9.08. The standard InChI is InChI=1S/C20H34O2/c1-13(2)7-6-8-14(3)16-11-12-20(5,22)17-10-9-15(4)18(17)19(16)21/h7,9,14,16-19,21-22H,6,8,10-12H2,1-5H3/t14-,16-,17+,18+,19+,20-/m0/s1. The molecule has 22 heavy (non-hydrogen) atoms. The summed E-state index contributed by atoms with van der Waals surface area (Å²) in [5, 5.41) is 21.9. The Labute approximate surface area is 136 Å². The van der Waals surface area contributed by atoms with Crippen molar-refractivity contribution in [1.29, 1.82) is 0 Å². The second-order valence-electron chi connectivity index (χ2n) is 8.20. The molecule has 0 saturated heterocycles. The van der Waals surface area contributed by atoms with Crippen LogP contribution in [0.4, 0.5) is 0 Å². The Hall–Kier alpha value is -0.600. The third-order valence-corrected chi connectivity index (χ3v) is 6.15. The monoisotopic (exact) mass is 306 g/mol. The van der Waals surface area contributed by atoms with Crippen molar-refractivity contribution >= 4 is 0 Å². The maximum atomic E-state index is 11.0. The van der Waals surface area contributed by atoms with Crippen LogP contribution in [0.5, 0.6) is 0 Å². The number of aliphatic hydroxyl groups is 2. The normalized spacial score (nSPS) is 39.7. The van der Waals surface area contributed by atoms with Gasteiger partial charge in [0.2, 0.25) is 0 Å². The molecule has 0 bridgehead atoms. The van der Waals surface area contributed by atoms with E-state index in [-0.39, 0.29) is 17.9 Å². The molecular formula is C20H34O2. The van der Waals surface area contributed by atoms with Crippen molar-refractivity contribution in [2.45, 2.75) is 78.4 Å². The van der Waals surface area contributed by atoms with Gasteiger partial charge in [0.1, 0.15) is 0 Å². The first-order valence-electron chi connectivity index (χ1n) is 8.94. The third-order valence-electron chi connectivity index (χ3n) is 6.15. The van der Waals surface area contributed by atoms with E-state index < -0.39 is 5.60 Å². The van der Waals surface area contributed by atoms with Crippen LogP contribution in [0.25, 0.3) is 0 Å². The van der Waals surface area contributed by atoms with Crippen LogP contribution >= 0.6 is 0 Å². The molecule has 2 N–H and O–H groups in total. The predicted octanol–water partition coefficient (Wildman–Crippen LogP) is 4.47. The van der Waals surface area contributed by atoms with Crippen molar-refractivity contribution in [2.24, 2.45) is 23.7 Å². The Bertz CT molecular complexity index is 443. The Balaban J connectivity index is 2.12. The van der Waals surface area contributed by atoms with Crippen LogP contribution < -0.4 is 0 Å². The largest absolute Gasteiger partial charge is 0.392 e. The molecule has 0 aromatic heterocycles. The quantitative estimate of drug-likeness (QED) is 0.752. The van der Waals surface area contributed by atoms with Gasteiger partial charge in [-0.3, -0.25) is 0 Å². The molecule has 0 unspecified atom stereocenters. The van der Waals surface area contributed by atoms with Crippen molar-refractivity contribution in [3.8, 4) is 0 Å². The van der Waals surface area contributed by atoms with Crippen molar-refractivity contribution in [3.05, 3.63) is 23.3 Å². The molecule has 0 aliphatic heterocycles. The van der Waals surface area contributed by atoms with Gasteiger partial charge in [-0.05, 0) is 77.6 Å². The maximum Gasteiger partial charge on any atom is 0.0657 e. The first-order valence-corrected chi connectivity index (χ1v) is 8.94. The lowest BCUT2D eigenvalue weighted by Crippen LogP contribution is -2.40. The van der Waals surface area contributed by atoms with Gasteiger partial charge in [-0.2, -0.15) is 0 Å². The van der Waals surface area contributed by atoms with Crippen LogP contribution in [-0.2, 0) is 0 Å². The fourth-order valence-electron chi connectivity index (χ4n) is 4.61. The summed E-state index contributed by atoms with van der Waals surface area (Å²) >= 11 is 0. The zero-order valence-corrected chi connectivity index (χ0v) is 15.0. The van der Waals surface area contributed by atoms with Gasteiger partial charge in [0, 0.05) is 5.92 Å². The molecule has 2 rings (SSSR count). The van der Waals surface area contributed by atoms with Gasteiger partial charge >= 0.3 is 0 Å². The molecule has 2 nitrogen and oxygen atoms in total. The average Bonchev–Trinajstić information content (AvgIpc) is 2.76. The Morgan fingerprint density at radius 2 is 2.14 bits per heavy atom. The fraction of sp³-hybridized carbons (Fsp3) is 0.800. The van der Waals surface area contributed by atoms with E-state index in [9.17, 15) is 10.2 Å². The Kier molecular flexibility index (Phi) is 5.55. The van der Waals surface area contributed by atoms with Crippen LogP contribution in [0, 0.1) is 23.7 Å². The first kappa shape index (κ1) is 17.7. The molecule has 0 aromatic carbocycles. The molecule has 0 radical (unpaired) electrons. The molecule has 0 amide bonds. The highest BCUT2D eigenvalue weighted by Gasteiger charge is 2.49. The van der Waals surface area contributed by atoms with Crippen LogP contribution in [0.1, 0.15) is 66.7 Å². The van der Waals surface area contributed by atoms with E-state index in [1.165, 1.54) is 11.1 Å². The summed E-state index contributed by atoms with van der Waals surface area (Å²) in [7, 11) is 0. The smallest absolute Gasteiger partial charge is 0.0657 e. The SMILES string of the molecule is CC(C)=CCC[C@H](C)[C@@H]1CC[C@](C)(O)[C@@H]2CC=C(C)[C@H]2[C@@H]1O. The van der Waals surface area contributed by atoms with E-state index in [1.54, 1.807) is 0 Å². The summed E-state index contributed by atoms with van der Waals surface area (Å²) in [5.41, 5.74) is 2.00. The van der Waals surface area contributed by atoms with Gasteiger partial charge < -0.3 is 10.2 Å². The van der Waals surface area contributed by atoms with Gasteiger partial charge in [0.25, 0.3) is 0 Å². The van der Waals surface area contributed by atoms with Crippen LogP contribution in [0.2, 0.25) is 0 Å². The molecule has 0 aromatic rings. The van der Waals surface area contributed by atoms with Gasteiger partial charge in [0.15, 0.2) is 0 Å². The Morgan fingerprint density at radius 1 is 1.45 bits per heavy atom. The van der Waals surface area contributed by atoms with E-state index in [4.69, 9.17) is 0 Å². The minimum Gasteiger partial charge on any atom is -0.392 e. The van der Waals surface area contributed by atoms with Crippen molar-refractivity contribution in [3.63, 3.8) is 0 Å². The number of rotatable bonds is 4. The highest BCUT2D eigenvalue weighted by atomic mass is 16.3. The van der Waals surface area contributed by atoms with Gasteiger partial charge in [0.05, 0.1) is 11.7 Å². The average molecular weight is 306 g/mol. The molecule has 2 aliphatic rings. The molecular weight excluding hydrogens is 272 g/mol. The maximum absolute atomic E-state index is 11.0. The number of aliphatic hydroxyl groups excluding tert-OH is 1. The first-order chi connectivity index (χ1) is 10.2. The molecule has 0 heterocycles. The summed E-state index contributed by atoms with van der Waals surface area (Å²) in [5.74, 6) is 1.13. The number of fused-ring (bicyclic) bond motifs is 1. The second-order valence-corrected chi connectivity index (χ2v) is 8.20. The fourth-order valence-corrected chi connectivity index (χ4v) is 4.61. The number of allylic oxidation sites excluding steroid dienone is 3. The molecule has 2 heteroatoms. The lowest BCUT2D eigenvalue weighted by molar-refractivity contribution is -0.0344. The molecule has 1 saturated carbocycles. The van der Waals surface area contributed by atoms with E-state index in [0.29, 0.717) is 11.8 Å². The van der Waals surface area contributed by atoms with Crippen LogP contribution in [-0.4, -0.2) is 21.9 Å². The molecule has 0 spiro atoms. The second kappa shape index (κ2) is 6.88. The van der Waals surface area contributed by atoms with E-state index in [2.05, 4.69) is 39.8 Å². The number of hydrogen-bond acceptors (Lipinski definition) is 2. The van der Waals surface area contributed by atoms with E-state index in [1.807, 2.05) is 6.92 Å². The third kappa shape index (κ3) is 3.65. The van der Waals surface area contributed by atoms with Gasteiger partial charge in [-0.15, -0.1) is 0 Å². The molecule has 1 fully saturated rings. The zero-order valence-electron chi connectivity index (χ0n) is 15.0. The molecule has 126 valence electrons. The molecule has 6 atom stereocenters. The van der Waals surface area contributed by atoms with E-state index in [0.717, 1.165) is 32.1 Å². The topological polar surface area (TPSA) is 40.5 Å². The zero-order chi connectivity index (χ0) is 16.5. The summed E-state index contributed by atoms with van der Waals surface area (Å²) in [4.78, 5) is 0. The Morgan fingerprint density at radius 3 is 2.77 bits per heavy atom. The lowest BCUT2D eigenvalue weighted by Gasteiger charge is -2.35. The minimum absolute atomic E-state index is 0.147. The lowest BCUT2D eigenvalue weighted by atomic mass is 9.74. The molecule has 2 aliphatic carbocycles. The van der Waals surface area contributed by atoms with Crippen LogP contribution in [0.15, 0.2) is 23.3 Å². The predicted molar refractivity (Wildman–Crippen MR) is 92.5 cm³/mol. The summed E-state index contributed by atoms with van der Waals surface area (Å²) in [6.45, 7) is 10.6. The van der Waals surface area contributed by atoms with Gasteiger partial charge in [-0.1, -0.05) is 30.2 Å². The highest BCUT2D eigenvalue weighted by Crippen LogP contribution is 2.49. The number of hydrogen-bond donors (Lipinski definition) is 2. The van der Waals surface area contributed by atoms with Crippen molar-refractivity contribution < 1.29 is 10.2 Å². The highest BCUT2D eigenvalue weighted by molar-refractivity contribution is 5.19. The summed E-state index contributed by atoms with van der Waals surface area (Å²) in [6, 6.07) is 0. The van der Waals surface area contributed by atoms with Crippen molar-refractivity contribution in [1.82, 2.24) is 0 Å².